The molecule has 0 radical (unpaired) electrons. The van der Waals surface area contributed by atoms with E-state index in [-0.39, 0.29) is 0 Å². The van der Waals surface area contributed by atoms with E-state index in [1.165, 1.54) is 0 Å². The van der Waals surface area contributed by atoms with Crippen molar-refractivity contribution < 1.29 is 4.52 Å². The first kappa shape index (κ1) is 18.6. The molecule has 0 saturated carbocycles. The van der Waals surface area contributed by atoms with Gasteiger partial charge in [-0.2, -0.15) is 4.98 Å². The van der Waals surface area contributed by atoms with E-state index in [2.05, 4.69) is 25.3 Å². The van der Waals surface area contributed by atoms with Crippen molar-refractivity contribution >= 4 is 23.4 Å². The summed E-state index contributed by atoms with van der Waals surface area (Å²) >= 11 is 7.91. The van der Waals surface area contributed by atoms with E-state index in [1.807, 2.05) is 48.0 Å². The molecule has 0 N–H and O–H groups in total. The van der Waals surface area contributed by atoms with E-state index >= 15 is 0 Å². The van der Waals surface area contributed by atoms with Crippen LogP contribution in [0.15, 0.2) is 58.5 Å². The van der Waals surface area contributed by atoms with Crippen LogP contribution in [0.25, 0.3) is 22.8 Å². The number of halogens is 1. The van der Waals surface area contributed by atoms with Gasteiger partial charge in [0, 0.05) is 42.7 Å². The first-order chi connectivity index (χ1) is 13.7. The Hall–Kier alpha value is -2.71. The summed E-state index contributed by atoms with van der Waals surface area (Å²) in [6, 6.07) is 11.3. The Morgan fingerprint density at radius 2 is 1.93 bits per heavy atom. The van der Waals surface area contributed by atoms with Crippen molar-refractivity contribution in [2.45, 2.75) is 18.0 Å². The van der Waals surface area contributed by atoms with Crippen molar-refractivity contribution in [1.82, 2.24) is 29.9 Å². The second-order valence-corrected chi connectivity index (χ2v) is 7.51. The predicted octanol–water partition coefficient (Wildman–Crippen LogP) is 4.31. The maximum Gasteiger partial charge on any atom is 0.226 e. The highest BCUT2D eigenvalue weighted by molar-refractivity contribution is 7.99. The maximum atomic E-state index is 6.27. The molecule has 0 spiro atoms. The van der Waals surface area contributed by atoms with Crippen LogP contribution in [0.1, 0.15) is 12.3 Å². The third-order valence-electron chi connectivity index (χ3n) is 4.12. The van der Waals surface area contributed by atoms with Crippen molar-refractivity contribution in [2.24, 2.45) is 7.05 Å². The van der Waals surface area contributed by atoms with Crippen LogP contribution in [0.2, 0.25) is 5.02 Å². The van der Waals surface area contributed by atoms with E-state index in [0.29, 0.717) is 23.2 Å². The van der Waals surface area contributed by atoms with E-state index in [9.17, 15) is 0 Å². The zero-order valence-electron chi connectivity index (χ0n) is 15.1. The van der Waals surface area contributed by atoms with Gasteiger partial charge in [0.2, 0.25) is 11.7 Å². The summed E-state index contributed by atoms with van der Waals surface area (Å²) in [5, 5.41) is 14.1. The molecule has 4 rings (SSSR count). The highest BCUT2D eigenvalue weighted by atomic mass is 35.5. The molecular weight excluding hydrogens is 396 g/mol. The van der Waals surface area contributed by atoms with Gasteiger partial charge in [-0.25, -0.2) is 0 Å². The van der Waals surface area contributed by atoms with Gasteiger partial charge >= 0.3 is 0 Å². The monoisotopic (exact) mass is 412 g/mol. The highest BCUT2D eigenvalue weighted by Crippen LogP contribution is 2.28. The molecule has 0 aliphatic carbocycles. The van der Waals surface area contributed by atoms with Crippen molar-refractivity contribution in [3.8, 4) is 22.8 Å². The minimum atomic E-state index is 0.586. The van der Waals surface area contributed by atoms with Gasteiger partial charge in [0.15, 0.2) is 11.0 Å². The Labute approximate surface area is 171 Å². The number of pyridine rings is 1. The molecule has 142 valence electrons. The van der Waals surface area contributed by atoms with E-state index in [0.717, 1.165) is 34.3 Å². The number of thioether (sulfide) groups is 1. The Morgan fingerprint density at radius 3 is 2.75 bits per heavy atom. The van der Waals surface area contributed by atoms with Crippen molar-refractivity contribution in [3.63, 3.8) is 0 Å². The van der Waals surface area contributed by atoms with E-state index in [4.69, 9.17) is 16.1 Å². The third-order valence-corrected chi connectivity index (χ3v) is 5.56. The van der Waals surface area contributed by atoms with Gasteiger partial charge in [-0.15, -0.1) is 10.2 Å². The van der Waals surface area contributed by atoms with Crippen LogP contribution < -0.4 is 0 Å². The molecule has 9 heteroatoms. The SMILES string of the molecule is Cn1c(SCCCc2nc(-c3ccncc3)no2)nnc1-c1ccccc1Cl. The van der Waals surface area contributed by atoms with Gasteiger partial charge in [-0.05, 0) is 30.7 Å². The van der Waals surface area contributed by atoms with Gasteiger partial charge in [-0.1, -0.05) is 40.7 Å². The molecule has 0 amide bonds. The summed E-state index contributed by atoms with van der Waals surface area (Å²) < 4.78 is 7.29. The summed E-state index contributed by atoms with van der Waals surface area (Å²) in [7, 11) is 1.94. The van der Waals surface area contributed by atoms with Gasteiger partial charge < -0.3 is 9.09 Å². The maximum absolute atomic E-state index is 6.27. The van der Waals surface area contributed by atoms with Crippen molar-refractivity contribution in [1.29, 1.82) is 0 Å². The fourth-order valence-electron chi connectivity index (χ4n) is 2.68. The normalized spacial score (nSPS) is 11.1. The first-order valence-corrected chi connectivity index (χ1v) is 10.1. The smallest absolute Gasteiger partial charge is 0.226 e. The fourth-order valence-corrected chi connectivity index (χ4v) is 3.75. The molecule has 7 nitrogen and oxygen atoms in total. The van der Waals surface area contributed by atoms with Crippen LogP contribution in [0.4, 0.5) is 0 Å². The second-order valence-electron chi connectivity index (χ2n) is 6.04. The quantitative estimate of drug-likeness (QED) is 0.330. The summed E-state index contributed by atoms with van der Waals surface area (Å²) in [5.41, 5.74) is 1.77. The molecule has 3 heterocycles. The number of aromatic nitrogens is 6. The van der Waals surface area contributed by atoms with Crippen LogP contribution in [-0.2, 0) is 13.5 Å². The number of rotatable bonds is 7. The number of benzene rings is 1. The van der Waals surface area contributed by atoms with Crippen LogP contribution in [0, 0.1) is 0 Å². The molecule has 4 aromatic rings. The Kier molecular flexibility index (Phi) is 5.68. The average molecular weight is 413 g/mol. The summed E-state index contributed by atoms with van der Waals surface area (Å²) in [4.78, 5) is 8.42. The Morgan fingerprint density at radius 1 is 1.11 bits per heavy atom. The molecule has 0 saturated heterocycles. The Balaban J connectivity index is 1.33. The summed E-state index contributed by atoms with van der Waals surface area (Å²) in [6.07, 6.45) is 5.01. The van der Waals surface area contributed by atoms with E-state index < -0.39 is 0 Å². The molecule has 0 bridgehead atoms. The minimum Gasteiger partial charge on any atom is -0.339 e. The zero-order chi connectivity index (χ0) is 19.3. The van der Waals surface area contributed by atoms with Crippen LogP contribution in [0.3, 0.4) is 0 Å². The third kappa shape index (κ3) is 4.07. The highest BCUT2D eigenvalue weighted by Gasteiger charge is 2.14. The lowest BCUT2D eigenvalue weighted by atomic mass is 10.2. The molecule has 0 unspecified atom stereocenters. The molecule has 1 aromatic carbocycles. The minimum absolute atomic E-state index is 0.586. The van der Waals surface area contributed by atoms with Gasteiger partial charge in [0.1, 0.15) is 0 Å². The topological polar surface area (TPSA) is 82.5 Å². The lowest BCUT2D eigenvalue weighted by Gasteiger charge is -2.05. The lowest BCUT2D eigenvalue weighted by molar-refractivity contribution is 0.378. The lowest BCUT2D eigenvalue weighted by Crippen LogP contribution is -1.96. The van der Waals surface area contributed by atoms with Gasteiger partial charge in [-0.3, -0.25) is 4.98 Å². The van der Waals surface area contributed by atoms with Crippen molar-refractivity contribution in [3.05, 3.63) is 59.7 Å². The molecule has 28 heavy (non-hydrogen) atoms. The van der Waals surface area contributed by atoms with Crippen LogP contribution in [0.5, 0.6) is 0 Å². The van der Waals surface area contributed by atoms with Crippen LogP contribution >= 0.6 is 23.4 Å². The molecule has 0 aliphatic rings. The summed E-state index contributed by atoms with van der Waals surface area (Å²) in [5.74, 6) is 2.83. The number of nitrogens with zero attached hydrogens (tertiary/aromatic N) is 6. The molecule has 0 atom stereocenters. The summed E-state index contributed by atoms with van der Waals surface area (Å²) in [6.45, 7) is 0. The molecule has 0 aliphatic heterocycles. The van der Waals surface area contributed by atoms with Crippen molar-refractivity contribution in [2.75, 3.05) is 5.75 Å². The number of hydrogen-bond acceptors (Lipinski definition) is 7. The van der Waals surface area contributed by atoms with Gasteiger partial charge in [0.25, 0.3) is 0 Å². The second kappa shape index (κ2) is 8.53. The number of aryl methyl sites for hydroxylation is 1. The largest absolute Gasteiger partial charge is 0.339 e. The molecular formula is C19H17ClN6OS. The van der Waals surface area contributed by atoms with E-state index in [1.54, 1.807) is 24.2 Å². The number of hydrogen-bond donors (Lipinski definition) is 0. The standard InChI is InChI=1S/C19H17ClN6OS/c1-26-18(14-5-2-3-6-15(14)20)23-24-19(26)28-12-4-7-16-22-17(25-27-16)13-8-10-21-11-9-13/h2-3,5-6,8-11H,4,7,12H2,1H3. The van der Waals surface area contributed by atoms with Crippen LogP contribution in [-0.4, -0.2) is 35.6 Å². The average Bonchev–Trinajstić information content (AvgIpc) is 3.34. The zero-order valence-corrected chi connectivity index (χ0v) is 16.7. The Bertz CT molecular complexity index is 1070. The molecule has 3 aromatic heterocycles. The predicted molar refractivity (Wildman–Crippen MR) is 108 cm³/mol. The molecule has 0 fully saturated rings. The first-order valence-electron chi connectivity index (χ1n) is 8.72. The van der Waals surface area contributed by atoms with Gasteiger partial charge in [0.05, 0.1) is 5.02 Å². The fraction of sp³-hybridized carbons (Fsp3) is 0.211.